The van der Waals surface area contributed by atoms with Gasteiger partial charge in [-0.05, 0) is 60.4 Å². The Morgan fingerprint density at radius 2 is 1.95 bits per heavy atom. The summed E-state index contributed by atoms with van der Waals surface area (Å²) < 4.78 is 0.897. The second-order valence-corrected chi connectivity index (χ2v) is 6.66. The highest BCUT2D eigenvalue weighted by atomic mass is 127. The van der Waals surface area contributed by atoms with Crippen molar-refractivity contribution in [2.24, 2.45) is 5.73 Å². The number of nitrogens with two attached hydrogens (primary N) is 1. The fourth-order valence-corrected chi connectivity index (χ4v) is 3.95. The van der Waals surface area contributed by atoms with Gasteiger partial charge >= 0.3 is 0 Å². The minimum atomic E-state index is -0.272. The molecule has 6 heteroatoms. The second-order valence-electron chi connectivity index (χ2n) is 5.41. The van der Waals surface area contributed by atoms with Crippen LogP contribution in [0, 0.1) is 13.7 Å². The number of nitrogens with zero attached hydrogens (tertiary/aromatic N) is 2. The first-order valence-electron chi connectivity index (χ1n) is 6.54. The molecule has 19 heavy (non-hydrogen) atoms. The van der Waals surface area contributed by atoms with Crippen molar-refractivity contribution in [1.29, 1.82) is 0 Å². The quantitative estimate of drug-likeness (QED) is 0.492. The van der Waals surface area contributed by atoms with Crippen LogP contribution in [-0.2, 0) is 0 Å². The highest BCUT2D eigenvalue weighted by Crippen LogP contribution is 2.42. The Hall–Kier alpha value is -0.890. The van der Waals surface area contributed by atoms with Gasteiger partial charge in [-0.1, -0.05) is 0 Å². The predicted molar refractivity (Wildman–Crippen MR) is 82.3 cm³/mol. The van der Waals surface area contributed by atoms with Crippen LogP contribution in [0.25, 0.3) is 0 Å². The summed E-state index contributed by atoms with van der Waals surface area (Å²) in [6.45, 7) is 0. The molecular formula is C13H16IN3O2. The molecule has 2 unspecified atom stereocenters. The van der Waals surface area contributed by atoms with Crippen molar-refractivity contribution in [3.63, 3.8) is 0 Å². The summed E-state index contributed by atoms with van der Waals surface area (Å²) in [6, 6.07) is 6.47. The van der Waals surface area contributed by atoms with E-state index in [4.69, 9.17) is 5.73 Å². The number of hydrogen-bond acceptors (Lipinski definition) is 4. The van der Waals surface area contributed by atoms with Gasteiger partial charge in [0.2, 0.25) is 0 Å². The number of rotatable bonds is 2. The largest absolute Gasteiger partial charge is 0.360 e. The Labute approximate surface area is 125 Å². The Balaban J connectivity index is 2.01. The molecule has 0 spiro atoms. The third-order valence-corrected chi connectivity index (χ3v) is 4.85. The number of fused-ring (bicyclic) bond motifs is 2. The zero-order valence-corrected chi connectivity index (χ0v) is 12.6. The molecule has 2 atom stereocenters. The van der Waals surface area contributed by atoms with Crippen molar-refractivity contribution in [1.82, 2.24) is 0 Å². The smallest absolute Gasteiger partial charge is 0.293 e. The van der Waals surface area contributed by atoms with E-state index in [1.54, 1.807) is 6.07 Å². The van der Waals surface area contributed by atoms with Crippen LogP contribution >= 0.6 is 22.6 Å². The fourth-order valence-electron chi connectivity index (χ4n) is 3.47. The van der Waals surface area contributed by atoms with E-state index in [9.17, 15) is 10.1 Å². The Morgan fingerprint density at radius 3 is 2.53 bits per heavy atom. The second kappa shape index (κ2) is 4.90. The Kier molecular flexibility index (Phi) is 3.38. The lowest BCUT2D eigenvalue weighted by Gasteiger charge is -2.39. The fraction of sp³-hybridized carbons (Fsp3) is 0.538. The molecule has 2 bridgehead atoms. The molecule has 1 aromatic carbocycles. The number of piperidine rings is 1. The van der Waals surface area contributed by atoms with Gasteiger partial charge in [0.1, 0.15) is 5.69 Å². The van der Waals surface area contributed by atoms with Gasteiger partial charge in [0.25, 0.3) is 5.69 Å². The first-order valence-corrected chi connectivity index (χ1v) is 7.62. The van der Waals surface area contributed by atoms with Crippen LogP contribution in [0.4, 0.5) is 11.4 Å². The van der Waals surface area contributed by atoms with Crippen molar-refractivity contribution < 1.29 is 4.92 Å². The van der Waals surface area contributed by atoms with Crippen LogP contribution in [0.1, 0.15) is 25.7 Å². The number of anilines is 1. The maximum absolute atomic E-state index is 11.3. The molecule has 0 radical (unpaired) electrons. The molecule has 3 rings (SSSR count). The van der Waals surface area contributed by atoms with Gasteiger partial charge in [-0.3, -0.25) is 10.1 Å². The van der Waals surface area contributed by atoms with Gasteiger partial charge in [-0.2, -0.15) is 0 Å². The molecule has 0 aromatic heterocycles. The van der Waals surface area contributed by atoms with E-state index in [-0.39, 0.29) is 16.7 Å². The number of halogens is 1. The molecule has 5 nitrogen and oxygen atoms in total. The molecule has 2 fully saturated rings. The molecule has 2 N–H and O–H groups in total. The van der Waals surface area contributed by atoms with Crippen LogP contribution in [0.2, 0.25) is 0 Å². The number of hydrogen-bond donors (Lipinski definition) is 1. The lowest BCUT2D eigenvalue weighted by molar-refractivity contribution is -0.384. The van der Waals surface area contributed by atoms with Crippen molar-refractivity contribution in [3.05, 3.63) is 31.9 Å². The molecule has 2 heterocycles. The van der Waals surface area contributed by atoms with Crippen LogP contribution in [-0.4, -0.2) is 23.0 Å². The summed E-state index contributed by atoms with van der Waals surface area (Å²) >= 11 is 2.11. The Morgan fingerprint density at radius 1 is 1.32 bits per heavy atom. The van der Waals surface area contributed by atoms with Crippen molar-refractivity contribution in [2.45, 2.75) is 43.8 Å². The molecular weight excluding hydrogens is 357 g/mol. The maximum Gasteiger partial charge on any atom is 0.293 e. The topological polar surface area (TPSA) is 72.4 Å². The molecule has 2 saturated heterocycles. The minimum Gasteiger partial charge on any atom is -0.360 e. The summed E-state index contributed by atoms with van der Waals surface area (Å²) in [5.41, 5.74) is 7.05. The average Bonchev–Trinajstić information content (AvgIpc) is 2.62. The number of nitro benzene ring substituents is 1. The molecule has 1 aromatic rings. The van der Waals surface area contributed by atoms with Crippen LogP contribution in [0.3, 0.4) is 0 Å². The van der Waals surface area contributed by atoms with Gasteiger partial charge in [0.15, 0.2) is 0 Å². The van der Waals surface area contributed by atoms with Gasteiger partial charge < -0.3 is 10.6 Å². The Bertz CT molecular complexity index is 509. The number of benzene rings is 1. The van der Waals surface area contributed by atoms with Crippen molar-refractivity contribution in [2.75, 3.05) is 4.90 Å². The zero-order valence-electron chi connectivity index (χ0n) is 10.5. The van der Waals surface area contributed by atoms with E-state index in [0.29, 0.717) is 12.1 Å². The summed E-state index contributed by atoms with van der Waals surface area (Å²) in [6.07, 6.45) is 4.09. The van der Waals surface area contributed by atoms with Crippen LogP contribution in [0.5, 0.6) is 0 Å². The molecule has 2 aliphatic rings. The highest BCUT2D eigenvalue weighted by molar-refractivity contribution is 14.1. The summed E-state index contributed by atoms with van der Waals surface area (Å²) in [7, 11) is 0. The highest BCUT2D eigenvalue weighted by Gasteiger charge is 2.41. The van der Waals surface area contributed by atoms with Gasteiger partial charge in [0.05, 0.1) is 4.92 Å². The first kappa shape index (κ1) is 13.1. The summed E-state index contributed by atoms with van der Waals surface area (Å²) in [5, 5.41) is 11.3. The van der Waals surface area contributed by atoms with E-state index in [1.165, 1.54) is 0 Å². The lowest BCUT2D eigenvalue weighted by Crippen LogP contribution is -2.47. The van der Waals surface area contributed by atoms with Crippen LogP contribution in [0.15, 0.2) is 18.2 Å². The summed E-state index contributed by atoms with van der Waals surface area (Å²) in [5.74, 6) is 0. The van der Waals surface area contributed by atoms with E-state index >= 15 is 0 Å². The van der Waals surface area contributed by atoms with E-state index in [0.717, 1.165) is 34.9 Å². The third kappa shape index (κ3) is 2.31. The summed E-state index contributed by atoms with van der Waals surface area (Å²) in [4.78, 5) is 13.2. The van der Waals surface area contributed by atoms with Gasteiger partial charge in [0, 0.05) is 27.8 Å². The molecule has 2 aliphatic heterocycles. The number of nitro groups is 1. The van der Waals surface area contributed by atoms with E-state index in [1.807, 2.05) is 12.1 Å². The monoisotopic (exact) mass is 373 g/mol. The van der Waals surface area contributed by atoms with Gasteiger partial charge in [-0.15, -0.1) is 0 Å². The normalized spacial score (nSPS) is 29.6. The van der Waals surface area contributed by atoms with E-state index < -0.39 is 0 Å². The van der Waals surface area contributed by atoms with Crippen molar-refractivity contribution >= 4 is 34.0 Å². The van der Waals surface area contributed by atoms with Gasteiger partial charge in [-0.25, -0.2) is 0 Å². The van der Waals surface area contributed by atoms with Crippen molar-refractivity contribution in [3.8, 4) is 0 Å². The SMILES string of the molecule is NC1CC2CCC(C1)N2c1ccc(I)cc1[N+](=O)[O-]. The standard InChI is InChI=1S/C13H16IN3O2/c14-8-1-4-12(13(5-8)17(18)19)16-10-2-3-11(16)7-9(15)6-10/h1,4-5,9-11H,2-3,6-7,15H2. The molecule has 0 amide bonds. The van der Waals surface area contributed by atoms with E-state index in [2.05, 4.69) is 27.5 Å². The lowest BCUT2D eigenvalue weighted by atomic mass is 9.97. The average molecular weight is 373 g/mol. The minimum absolute atomic E-state index is 0.222. The molecule has 102 valence electrons. The van der Waals surface area contributed by atoms with Crippen LogP contribution < -0.4 is 10.6 Å². The molecule has 0 aliphatic carbocycles. The predicted octanol–water partition coefficient (Wildman–Crippen LogP) is 2.66. The first-order chi connectivity index (χ1) is 9.06. The third-order valence-electron chi connectivity index (χ3n) is 4.18. The zero-order chi connectivity index (χ0) is 13.6. The molecule has 0 saturated carbocycles. The maximum atomic E-state index is 11.3.